The van der Waals surface area contributed by atoms with Crippen LogP contribution in [0.3, 0.4) is 0 Å². The molecule has 1 aliphatic rings. The van der Waals surface area contributed by atoms with Crippen molar-refractivity contribution in [2.24, 2.45) is 10.9 Å². The minimum atomic E-state index is 0.838. The molecule has 4 nitrogen and oxygen atoms in total. The standard InChI is InChI=1S/C15H26N4S/c1-13-3-7-19(8-4-13)9-6-17-15(16-2)18-11-14-5-10-20-12-14/h5,10,12-13H,3-4,6-9,11H2,1-2H3,(H2,16,17,18). The molecule has 0 atom stereocenters. The summed E-state index contributed by atoms with van der Waals surface area (Å²) in [5.74, 6) is 1.79. The monoisotopic (exact) mass is 294 g/mol. The normalized spacial score (nSPS) is 18.2. The molecule has 1 saturated heterocycles. The Balaban J connectivity index is 1.61. The van der Waals surface area contributed by atoms with Crippen LogP contribution >= 0.6 is 11.3 Å². The van der Waals surface area contributed by atoms with Crippen molar-refractivity contribution < 1.29 is 0 Å². The maximum absolute atomic E-state index is 4.26. The molecular weight excluding hydrogens is 268 g/mol. The Morgan fingerprint density at radius 1 is 1.40 bits per heavy atom. The molecule has 20 heavy (non-hydrogen) atoms. The summed E-state index contributed by atoms with van der Waals surface area (Å²) in [4.78, 5) is 6.80. The smallest absolute Gasteiger partial charge is 0.191 e. The lowest BCUT2D eigenvalue weighted by Crippen LogP contribution is -2.43. The molecule has 1 aliphatic heterocycles. The summed E-state index contributed by atoms with van der Waals surface area (Å²) >= 11 is 1.73. The fourth-order valence-corrected chi connectivity index (χ4v) is 3.09. The van der Waals surface area contributed by atoms with Crippen LogP contribution in [0.1, 0.15) is 25.3 Å². The van der Waals surface area contributed by atoms with Crippen LogP contribution in [0.4, 0.5) is 0 Å². The molecule has 0 spiro atoms. The van der Waals surface area contributed by atoms with Gasteiger partial charge in [-0.3, -0.25) is 4.99 Å². The second kappa shape index (κ2) is 8.27. The molecule has 2 rings (SSSR count). The molecule has 5 heteroatoms. The molecule has 112 valence electrons. The largest absolute Gasteiger partial charge is 0.355 e. The quantitative estimate of drug-likeness (QED) is 0.646. The van der Waals surface area contributed by atoms with E-state index in [-0.39, 0.29) is 0 Å². The van der Waals surface area contributed by atoms with Crippen molar-refractivity contribution in [3.63, 3.8) is 0 Å². The van der Waals surface area contributed by atoms with E-state index >= 15 is 0 Å². The van der Waals surface area contributed by atoms with Crippen LogP contribution in [0.2, 0.25) is 0 Å². The van der Waals surface area contributed by atoms with Gasteiger partial charge >= 0.3 is 0 Å². The highest BCUT2D eigenvalue weighted by molar-refractivity contribution is 7.07. The highest BCUT2D eigenvalue weighted by Gasteiger charge is 2.14. The Morgan fingerprint density at radius 2 is 2.20 bits per heavy atom. The average molecular weight is 294 g/mol. The molecule has 1 aromatic rings. The third kappa shape index (κ3) is 5.13. The van der Waals surface area contributed by atoms with Gasteiger partial charge in [-0.05, 0) is 54.2 Å². The highest BCUT2D eigenvalue weighted by atomic mass is 32.1. The van der Waals surface area contributed by atoms with Crippen molar-refractivity contribution in [3.05, 3.63) is 22.4 Å². The fraction of sp³-hybridized carbons (Fsp3) is 0.667. The maximum Gasteiger partial charge on any atom is 0.191 e. The number of nitrogens with zero attached hydrogens (tertiary/aromatic N) is 2. The minimum Gasteiger partial charge on any atom is -0.355 e. The van der Waals surface area contributed by atoms with Gasteiger partial charge in [0.15, 0.2) is 5.96 Å². The van der Waals surface area contributed by atoms with Crippen LogP contribution in [0.5, 0.6) is 0 Å². The van der Waals surface area contributed by atoms with Gasteiger partial charge in [0, 0.05) is 26.7 Å². The van der Waals surface area contributed by atoms with Crippen LogP contribution in [0, 0.1) is 5.92 Å². The Kier molecular flexibility index (Phi) is 6.33. The Bertz CT molecular complexity index is 394. The van der Waals surface area contributed by atoms with Crippen LogP contribution in [-0.4, -0.2) is 44.1 Å². The van der Waals surface area contributed by atoms with Crippen molar-refractivity contribution in [2.45, 2.75) is 26.3 Å². The van der Waals surface area contributed by atoms with Crippen molar-refractivity contribution in [2.75, 3.05) is 33.2 Å². The lowest BCUT2D eigenvalue weighted by atomic mass is 9.99. The molecule has 0 unspecified atom stereocenters. The first-order valence-corrected chi connectivity index (χ1v) is 8.40. The van der Waals surface area contributed by atoms with Gasteiger partial charge in [-0.25, -0.2) is 0 Å². The molecule has 0 amide bonds. The summed E-state index contributed by atoms with van der Waals surface area (Å²) < 4.78 is 0. The van der Waals surface area contributed by atoms with Crippen molar-refractivity contribution in [1.29, 1.82) is 0 Å². The number of hydrogen-bond donors (Lipinski definition) is 2. The average Bonchev–Trinajstić information content (AvgIpc) is 2.98. The summed E-state index contributed by atoms with van der Waals surface area (Å²) in [6, 6.07) is 2.14. The van der Waals surface area contributed by atoms with Gasteiger partial charge in [-0.2, -0.15) is 11.3 Å². The van der Waals surface area contributed by atoms with E-state index in [1.807, 2.05) is 7.05 Å². The molecule has 0 aliphatic carbocycles. The Labute approximate surface area is 126 Å². The van der Waals surface area contributed by atoms with E-state index in [1.54, 1.807) is 11.3 Å². The van der Waals surface area contributed by atoms with Gasteiger partial charge in [0.05, 0.1) is 0 Å². The summed E-state index contributed by atoms with van der Waals surface area (Å²) in [6.45, 7) is 7.73. The van der Waals surface area contributed by atoms with Crippen molar-refractivity contribution >= 4 is 17.3 Å². The molecule has 2 heterocycles. The third-order valence-corrected chi connectivity index (χ3v) is 4.59. The molecule has 1 aromatic heterocycles. The molecule has 0 saturated carbocycles. The third-order valence-electron chi connectivity index (χ3n) is 3.86. The summed E-state index contributed by atoms with van der Waals surface area (Å²) in [6.07, 6.45) is 2.68. The number of hydrogen-bond acceptors (Lipinski definition) is 3. The van der Waals surface area contributed by atoms with E-state index in [1.165, 1.54) is 31.5 Å². The fourth-order valence-electron chi connectivity index (χ4n) is 2.42. The zero-order chi connectivity index (χ0) is 14.2. The first-order chi connectivity index (χ1) is 9.78. The van der Waals surface area contributed by atoms with Crippen LogP contribution < -0.4 is 10.6 Å². The molecule has 0 bridgehead atoms. The van der Waals surface area contributed by atoms with E-state index in [0.29, 0.717) is 0 Å². The van der Waals surface area contributed by atoms with Crippen molar-refractivity contribution in [3.8, 4) is 0 Å². The number of rotatable bonds is 5. The van der Waals surface area contributed by atoms with E-state index in [0.717, 1.165) is 31.5 Å². The van der Waals surface area contributed by atoms with E-state index in [4.69, 9.17) is 0 Å². The predicted octanol–water partition coefficient (Wildman–Crippen LogP) is 2.14. The summed E-state index contributed by atoms with van der Waals surface area (Å²) in [5.41, 5.74) is 1.31. The molecular formula is C15H26N4S. The second-order valence-corrected chi connectivity index (χ2v) is 6.29. The van der Waals surface area contributed by atoms with Gasteiger partial charge in [-0.1, -0.05) is 6.92 Å². The van der Waals surface area contributed by atoms with Crippen LogP contribution in [0.15, 0.2) is 21.8 Å². The number of likely N-dealkylation sites (tertiary alicyclic amines) is 1. The van der Waals surface area contributed by atoms with Crippen molar-refractivity contribution in [1.82, 2.24) is 15.5 Å². The summed E-state index contributed by atoms with van der Waals surface area (Å²) in [5, 5.41) is 11.0. The van der Waals surface area contributed by atoms with E-state index < -0.39 is 0 Å². The van der Waals surface area contributed by atoms with Gasteiger partial charge in [0.2, 0.25) is 0 Å². The van der Waals surface area contributed by atoms with Gasteiger partial charge in [-0.15, -0.1) is 0 Å². The second-order valence-electron chi connectivity index (χ2n) is 5.51. The Morgan fingerprint density at radius 3 is 2.85 bits per heavy atom. The lowest BCUT2D eigenvalue weighted by molar-refractivity contribution is 0.195. The zero-order valence-electron chi connectivity index (χ0n) is 12.6. The highest BCUT2D eigenvalue weighted by Crippen LogP contribution is 2.15. The Hall–Kier alpha value is -1.07. The number of aliphatic imine (C=N–C) groups is 1. The number of piperidine rings is 1. The van der Waals surface area contributed by atoms with Crippen LogP contribution in [-0.2, 0) is 6.54 Å². The molecule has 2 N–H and O–H groups in total. The van der Waals surface area contributed by atoms with Gasteiger partial charge < -0.3 is 15.5 Å². The predicted molar refractivity (Wildman–Crippen MR) is 87.4 cm³/mol. The van der Waals surface area contributed by atoms with E-state index in [9.17, 15) is 0 Å². The first kappa shape index (κ1) is 15.3. The number of thiophene rings is 1. The maximum atomic E-state index is 4.26. The molecule has 0 radical (unpaired) electrons. The first-order valence-electron chi connectivity index (χ1n) is 7.46. The molecule has 1 fully saturated rings. The topological polar surface area (TPSA) is 39.7 Å². The van der Waals surface area contributed by atoms with Gasteiger partial charge in [0.25, 0.3) is 0 Å². The molecule has 0 aromatic carbocycles. The van der Waals surface area contributed by atoms with E-state index in [2.05, 4.69) is 44.3 Å². The van der Waals surface area contributed by atoms with Gasteiger partial charge in [0.1, 0.15) is 0 Å². The summed E-state index contributed by atoms with van der Waals surface area (Å²) in [7, 11) is 1.82. The SMILES string of the molecule is CN=C(NCCN1CCC(C)CC1)NCc1ccsc1. The number of guanidine groups is 1. The van der Waals surface area contributed by atoms with Crippen LogP contribution in [0.25, 0.3) is 0 Å². The lowest BCUT2D eigenvalue weighted by Gasteiger charge is -2.30. The minimum absolute atomic E-state index is 0.838. The number of nitrogens with one attached hydrogen (secondary N) is 2. The zero-order valence-corrected chi connectivity index (χ0v) is 13.4.